The van der Waals surface area contributed by atoms with Crippen molar-refractivity contribution in [3.05, 3.63) is 60.2 Å². The van der Waals surface area contributed by atoms with Gasteiger partial charge in [0.15, 0.2) is 0 Å². The lowest BCUT2D eigenvalue weighted by molar-refractivity contribution is -0.123. The van der Waals surface area contributed by atoms with Crippen LogP contribution < -0.4 is 15.5 Å². The van der Waals surface area contributed by atoms with Crippen molar-refractivity contribution < 1.29 is 14.4 Å². The van der Waals surface area contributed by atoms with Crippen molar-refractivity contribution in [1.29, 1.82) is 0 Å². The van der Waals surface area contributed by atoms with Gasteiger partial charge in [-0.15, -0.1) is 0 Å². The minimum Gasteiger partial charge on any atom is -0.347 e. The van der Waals surface area contributed by atoms with Gasteiger partial charge in [0.1, 0.15) is 0 Å². The van der Waals surface area contributed by atoms with Crippen molar-refractivity contribution in [2.45, 2.75) is 13.3 Å². The minimum atomic E-state index is -0.345. The van der Waals surface area contributed by atoms with Gasteiger partial charge < -0.3 is 15.5 Å². The summed E-state index contributed by atoms with van der Waals surface area (Å²) in [7, 11) is 1.70. The second kappa shape index (κ2) is 8.63. The number of benzene rings is 2. The first-order chi connectivity index (χ1) is 12.0. The molecule has 2 aromatic rings. The molecule has 2 aromatic carbocycles. The number of hydrogen-bond donors (Lipinski definition) is 2. The molecule has 6 heteroatoms. The number of carbonyl (C=O) groups excluding carboxylic acids is 3. The molecule has 0 aliphatic heterocycles. The summed E-state index contributed by atoms with van der Waals surface area (Å²) >= 11 is 0. The van der Waals surface area contributed by atoms with Gasteiger partial charge in [-0.2, -0.15) is 0 Å². The molecule has 2 rings (SSSR count). The van der Waals surface area contributed by atoms with Gasteiger partial charge in [-0.25, -0.2) is 0 Å². The Hall–Kier alpha value is -3.15. The summed E-state index contributed by atoms with van der Waals surface area (Å²) in [6.45, 7) is 1.61. The summed E-state index contributed by atoms with van der Waals surface area (Å²) in [5.41, 5.74) is 1.74. The molecule has 0 spiro atoms. The first kappa shape index (κ1) is 18.2. The van der Waals surface area contributed by atoms with Crippen molar-refractivity contribution in [2.24, 2.45) is 0 Å². The molecular formula is C19H21N3O3. The zero-order chi connectivity index (χ0) is 18.2. The lowest BCUT2D eigenvalue weighted by atomic mass is 10.1. The molecule has 0 saturated heterocycles. The van der Waals surface area contributed by atoms with Crippen LogP contribution in [0.3, 0.4) is 0 Å². The normalized spacial score (nSPS) is 10.0. The van der Waals surface area contributed by atoms with Crippen LogP contribution in [0.1, 0.15) is 23.7 Å². The van der Waals surface area contributed by atoms with Crippen LogP contribution in [-0.2, 0) is 9.59 Å². The number of nitrogens with zero attached hydrogens (tertiary/aromatic N) is 1. The fourth-order valence-corrected chi connectivity index (χ4v) is 2.20. The van der Waals surface area contributed by atoms with Crippen molar-refractivity contribution >= 4 is 29.1 Å². The summed E-state index contributed by atoms with van der Waals surface area (Å²) in [4.78, 5) is 37.2. The maximum Gasteiger partial charge on any atom is 0.258 e. The molecular weight excluding hydrogens is 318 g/mol. The molecule has 0 saturated carbocycles. The van der Waals surface area contributed by atoms with Gasteiger partial charge in [-0.1, -0.05) is 31.2 Å². The molecule has 0 unspecified atom stereocenters. The highest BCUT2D eigenvalue weighted by molar-refractivity contribution is 6.06. The van der Waals surface area contributed by atoms with E-state index < -0.39 is 0 Å². The van der Waals surface area contributed by atoms with E-state index in [9.17, 15) is 14.4 Å². The van der Waals surface area contributed by atoms with Gasteiger partial charge in [0.05, 0.1) is 6.54 Å². The van der Waals surface area contributed by atoms with Crippen molar-refractivity contribution in [2.75, 3.05) is 23.8 Å². The molecule has 0 aliphatic rings. The predicted octanol–water partition coefficient (Wildman–Crippen LogP) is 2.43. The lowest BCUT2D eigenvalue weighted by Gasteiger charge is -2.17. The summed E-state index contributed by atoms with van der Waals surface area (Å²) in [5, 5.41) is 5.17. The molecule has 25 heavy (non-hydrogen) atoms. The van der Waals surface area contributed by atoms with E-state index in [1.807, 2.05) is 30.3 Å². The van der Waals surface area contributed by atoms with Crippen molar-refractivity contribution in [3.63, 3.8) is 0 Å². The van der Waals surface area contributed by atoms with E-state index in [1.165, 1.54) is 0 Å². The van der Waals surface area contributed by atoms with E-state index in [0.29, 0.717) is 17.7 Å². The smallest absolute Gasteiger partial charge is 0.258 e. The third-order valence-corrected chi connectivity index (χ3v) is 3.61. The fraction of sp³-hybridized carbons (Fsp3) is 0.211. The average molecular weight is 339 g/mol. The SMILES string of the molecule is CCC(=O)NCC(=O)Nc1cccc(C(=O)N(C)c2ccccc2)c1. The Labute approximate surface area is 146 Å². The number of rotatable bonds is 6. The maximum atomic E-state index is 12.6. The van der Waals surface area contributed by atoms with E-state index in [-0.39, 0.29) is 24.3 Å². The van der Waals surface area contributed by atoms with Gasteiger partial charge in [0, 0.05) is 30.4 Å². The predicted molar refractivity (Wildman–Crippen MR) is 97.5 cm³/mol. The highest BCUT2D eigenvalue weighted by Crippen LogP contribution is 2.17. The second-order valence-corrected chi connectivity index (χ2v) is 5.46. The third kappa shape index (κ3) is 5.17. The van der Waals surface area contributed by atoms with Crippen LogP contribution in [0.2, 0.25) is 0 Å². The number of nitrogens with one attached hydrogen (secondary N) is 2. The van der Waals surface area contributed by atoms with Gasteiger partial charge in [0.25, 0.3) is 5.91 Å². The van der Waals surface area contributed by atoms with Crippen LogP contribution in [0.15, 0.2) is 54.6 Å². The number of carbonyl (C=O) groups is 3. The van der Waals surface area contributed by atoms with Crippen molar-refractivity contribution in [1.82, 2.24) is 5.32 Å². The van der Waals surface area contributed by atoms with Gasteiger partial charge >= 0.3 is 0 Å². The molecule has 2 N–H and O–H groups in total. The summed E-state index contributed by atoms with van der Waals surface area (Å²) < 4.78 is 0. The zero-order valence-corrected chi connectivity index (χ0v) is 14.3. The van der Waals surface area contributed by atoms with Crippen LogP contribution in [0.4, 0.5) is 11.4 Å². The van der Waals surface area contributed by atoms with E-state index >= 15 is 0 Å². The van der Waals surface area contributed by atoms with Crippen LogP contribution in [0, 0.1) is 0 Å². The largest absolute Gasteiger partial charge is 0.347 e. The Morgan fingerprint density at radius 2 is 1.68 bits per heavy atom. The third-order valence-electron chi connectivity index (χ3n) is 3.61. The monoisotopic (exact) mass is 339 g/mol. The Morgan fingerprint density at radius 3 is 2.36 bits per heavy atom. The summed E-state index contributed by atoms with van der Waals surface area (Å²) in [6.07, 6.45) is 0.323. The molecule has 0 aliphatic carbocycles. The number of hydrogen-bond acceptors (Lipinski definition) is 3. The fourth-order valence-electron chi connectivity index (χ4n) is 2.20. The first-order valence-electron chi connectivity index (χ1n) is 8.01. The minimum absolute atomic E-state index is 0.102. The Kier molecular flexibility index (Phi) is 6.28. The molecule has 0 atom stereocenters. The summed E-state index contributed by atoms with van der Waals surface area (Å²) in [6, 6.07) is 16.0. The van der Waals surface area contributed by atoms with Gasteiger partial charge in [-0.05, 0) is 30.3 Å². The standard InChI is InChI=1S/C19H21N3O3/c1-3-17(23)20-13-18(24)21-15-9-7-8-14(12-15)19(25)22(2)16-10-5-4-6-11-16/h4-12H,3,13H2,1-2H3,(H,20,23)(H,21,24). The Balaban J connectivity index is 2.04. The van der Waals surface area contributed by atoms with Crippen LogP contribution in [-0.4, -0.2) is 31.3 Å². The molecule has 130 valence electrons. The molecule has 0 bridgehead atoms. The van der Waals surface area contributed by atoms with E-state index in [2.05, 4.69) is 10.6 Å². The number of amides is 3. The van der Waals surface area contributed by atoms with E-state index in [0.717, 1.165) is 5.69 Å². The highest BCUT2D eigenvalue weighted by Gasteiger charge is 2.14. The molecule has 0 aromatic heterocycles. The first-order valence-corrected chi connectivity index (χ1v) is 8.01. The highest BCUT2D eigenvalue weighted by atomic mass is 16.2. The number of anilines is 2. The number of para-hydroxylation sites is 1. The second-order valence-electron chi connectivity index (χ2n) is 5.46. The average Bonchev–Trinajstić information content (AvgIpc) is 2.65. The molecule has 0 radical (unpaired) electrons. The van der Waals surface area contributed by atoms with Crippen molar-refractivity contribution in [3.8, 4) is 0 Å². The molecule has 6 nitrogen and oxygen atoms in total. The maximum absolute atomic E-state index is 12.6. The zero-order valence-electron chi connectivity index (χ0n) is 14.3. The molecule has 0 heterocycles. The molecule has 3 amide bonds. The topological polar surface area (TPSA) is 78.5 Å². The van der Waals surface area contributed by atoms with Crippen LogP contribution in [0.5, 0.6) is 0 Å². The Morgan fingerprint density at radius 1 is 0.960 bits per heavy atom. The quantitative estimate of drug-likeness (QED) is 0.848. The van der Waals surface area contributed by atoms with Crippen LogP contribution in [0.25, 0.3) is 0 Å². The van der Waals surface area contributed by atoms with E-state index in [1.54, 1.807) is 43.1 Å². The van der Waals surface area contributed by atoms with Gasteiger partial charge in [-0.3, -0.25) is 14.4 Å². The molecule has 0 fully saturated rings. The van der Waals surface area contributed by atoms with Crippen LogP contribution >= 0.6 is 0 Å². The summed E-state index contributed by atoms with van der Waals surface area (Å²) in [5.74, 6) is -0.715. The lowest BCUT2D eigenvalue weighted by Crippen LogP contribution is -2.32. The van der Waals surface area contributed by atoms with E-state index in [4.69, 9.17) is 0 Å². The Bertz CT molecular complexity index is 760. The van der Waals surface area contributed by atoms with Gasteiger partial charge in [0.2, 0.25) is 11.8 Å².